The van der Waals surface area contributed by atoms with Crippen LogP contribution in [0.5, 0.6) is 0 Å². The van der Waals surface area contributed by atoms with E-state index >= 15 is 0 Å². The number of non-ortho nitro benzene ring substituents is 1. The van der Waals surface area contributed by atoms with Gasteiger partial charge in [0.15, 0.2) is 0 Å². The zero-order chi connectivity index (χ0) is 13.7. The number of carbonyl (C=O) groups excluding carboxylic acids is 1. The average molecular weight is 263 g/mol. The number of benzene rings is 1. The Labute approximate surface area is 111 Å². The molecule has 6 nitrogen and oxygen atoms in total. The predicted molar refractivity (Wildman–Crippen MR) is 70.8 cm³/mol. The van der Waals surface area contributed by atoms with Gasteiger partial charge in [0, 0.05) is 25.1 Å². The Balaban J connectivity index is 1.69. The number of rotatable bonds is 6. The van der Waals surface area contributed by atoms with E-state index in [-0.39, 0.29) is 11.6 Å². The van der Waals surface area contributed by atoms with Crippen LogP contribution in [-0.4, -0.2) is 30.5 Å². The highest BCUT2D eigenvalue weighted by atomic mass is 16.6. The summed E-state index contributed by atoms with van der Waals surface area (Å²) < 4.78 is 0. The summed E-state index contributed by atoms with van der Waals surface area (Å²) in [5, 5.41) is 16.5. The second-order valence-corrected chi connectivity index (χ2v) is 4.75. The van der Waals surface area contributed by atoms with Gasteiger partial charge in [-0.3, -0.25) is 14.9 Å². The van der Waals surface area contributed by atoms with Crippen LogP contribution in [0.2, 0.25) is 0 Å². The van der Waals surface area contributed by atoms with Crippen LogP contribution in [0.4, 0.5) is 5.69 Å². The molecule has 2 N–H and O–H groups in total. The lowest BCUT2D eigenvalue weighted by molar-refractivity contribution is -0.384. The van der Waals surface area contributed by atoms with Crippen molar-refractivity contribution in [2.75, 3.05) is 19.6 Å². The van der Waals surface area contributed by atoms with Crippen molar-refractivity contribution in [1.82, 2.24) is 10.6 Å². The van der Waals surface area contributed by atoms with E-state index in [0.29, 0.717) is 25.3 Å². The second-order valence-electron chi connectivity index (χ2n) is 4.75. The highest BCUT2D eigenvalue weighted by molar-refractivity contribution is 5.76. The molecule has 0 spiro atoms. The summed E-state index contributed by atoms with van der Waals surface area (Å²) in [6.45, 7) is 2.42. The smallest absolute Gasteiger partial charge is 0.269 e. The summed E-state index contributed by atoms with van der Waals surface area (Å²) in [6, 6.07) is 6.41. The van der Waals surface area contributed by atoms with E-state index in [2.05, 4.69) is 10.6 Å². The Kier molecular flexibility index (Phi) is 4.46. The van der Waals surface area contributed by atoms with E-state index < -0.39 is 4.92 Å². The fourth-order valence-electron chi connectivity index (χ4n) is 1.96. The molecule has 0 aliphatic carbocycles. The lowest BCUT2D eigenvalue weighted by Crippen LogP contribution is -2.44. The summed E-state index contributed by atoms with van der Waals surface area (Å²) in [5.41, 5.74) is 1.07. The Morgan fingerprint density at radius 3 is 2.58 bits per heavy atom. The van der Waals surface area contributed by atoms with Crippen LogP contribution in [0.25, 0.3) is 0 Å². The lowest BCUT2D eigenvalue weighted by Gasteiger charge is -2.26. The lowest BCUT2D eigenvalue weighted by atomic mass is 9.99. The van der Waals surface area contributed by atoms with Gasteiger partial charge in [-0.1, -0.05) is 12.1 Å². The van der Waals surface area contributed by atoms with E-state index in [0.717, 1.165) is 18.7 Å². The largest absolute Gasteiger partial charge is 0.356 e. The Morgan fingerprint density at radius 2 is 2.05 bits per heavy atom. The van der Waals surface area contributed by atoms with Gasteiger partial charge in [-0.05, 0) is 31.0 Å². The van der Waals surface area contributed by atoms with Crippen LogP contribution >= 0.6 is 0 Å². The maximum atomic E-state index is 11.6. The number of nitro groups is 1. The molecule has 0 unspecified atom stereocenters. The molecule has 0 radical (unpaired) electrons. The fraction of sp³-hybridized carbons (Fsp3) is 0.462. The molecule has 102 valence electrons. The van der Waals surface area contributed by atoms with Crippen molar-refractivity contribution in [3.8, 4) is 0 Å². The highest BCUT2D eigenvalue weighted by Gasteiger charge is 2.19. The zero-order valence-electron chi connectivity index (χ0n) is 10.6. The number of hydrogen-bond donors (Lipinski definition) is 2. The molecule has 1 aromatic rings. The molecule has 19 heavy (non-hydrogen) atoms. The van der Waals surface area contributed by atoms with Crippen molar-refractivity contribution >= 4 is 11.6 Å². The summed E-state index contributed by atoms with van der Waals surface area (Å²) in [6.07, 6.45) is 1.26. The Morgan fingerprint density at radius 1 is 1.37 bits per heavy atom. The van der Waals surface area contributed by atoms with Gasteiger partial charge in [-0.15, -0.1) is 0 Å². The third-order valence-electron chi connectivity index (χ3n) is 3.22. The average Bonchev–Trinajstić information content (AvgIpc) is 2.34. The minimum Gasteiger partial charge on any atom is -0.356 e. The Bertz CT molecular complexity index is 455. The molecule has 1 saturated heterocycles. The van der Waals surface area contributed by atoms with Crippen molar-refractivity contribution in [3.63, 3.8) is 0 Å². The molecule has 2 rings (SSSR count). The van der Waals surface area contributed by atoms with E-state index in [1.165, 1.54) is 12.1 Å². The minimum absolute atomic E-state index is 0.0772. The molecule has 1 fully saturated rings. The van der Waals surface area contributed by atoms with Crippen molar-refractivity contribution < 1.29 is 9.72 Å². The number of nitro benzene ring substituents is 1. The van der Waals surface area contributed by atoms with Crippen molar-refractivity contribution in [3.05, 3.63) is 39.9 Å². The standard InChI is InChI=1S/C13H17N3O3/c17-13(7-11-8-14-9-11)15-6-5-10-1-3-12(4-2-10)16(18)19/h1-4,11,14H,5-9H2,(H,15,17). The van der Waals surface area contributed by atoms with Crippen LogP contribution < -0.4 is 10.6 Å². The SMILES string of the molecule is O=C(CC1CNC1)NCCc1ccc([N+](=O)[O-])cc1. The van der Waals surface area contributed by atoms with Gasteiger partial charge in [0.2, 0.25) is 5.91 Å². The number of nitrogens with one attached hydrogen (secondary N) is 2. The van der Waals surface area contributed by atoms with Crippen LogP contribution in [0, 0.1) is 16.0 Å². The Hall–Kier alpha value is -1.95. The highest BCUT2D eigenvalue weighted by Crippen LogP contribution is 2.12. The summed E-state index contributed by atoms with van der Waals surface area (Å²) >= 11 is 0. The molecule has 0 bridgehead atoms. The first-order valence-electron chi connectivity index (χ1n) is 6.36. The third kappa shape index (κ3) is 4.03. The van der Waals surface area contributed by atoms with Crippen LogP contribution in [-0.2, 0) is 11.2 Å². The first kappa shape index (κ1) is 13.5. The molecule has 1 aliphatic heterocycles. The van der Waals surface area contributed by atoms with E-state index in [1.807, 2.05) is 0 Å². The summed E-state index contributed by atoms with van der Waals surface area (Å²) in [7, 11) is 0. The normalized spacial score (nSPS) is 14.7. The van der Waals surface area contributed by atoms with Gasteiger partial charge in [-0.25, -0.2) is 0 Å². The van der Waals surface area contributed by atoms with E-state index in [9.17, 15) is 14.9 Å². The van der Waals surface area contributed by atoms with Gasteiger partial charge in [-0.2, -0.15) is 0 Å². The molecule has 6 heteroatoms. The third-order valence-corrected chi connectivity index (χ3v) is 3.22. The van der Waals surface area contributed by atoms with Gasteiger partial charge in [0.1, 0.15) is 0 Å². The molecular formula is C13H17N3O3. The minimum atomic E-state index is -0.418. The van der Waals surface area contributed by atoms with Crippen LogP contribution in [0.3, 0.4) is 0 Å². The van der Waals surface area contributed by atoms with Crippen LogP contribution in [0.1, 0.15) is 12.0 Å². The molecule has 1 aromatic carbocycles. The fourth-order valence-corrected chi connectivity index (χ4v) is 1.96. The first-order chi connectivity index (χ1) is 9.15. The monoisotopic (exact) mass is 263 g/mol. The van der Waals surface area contributed by atoms with Gasteiger partial charge in [0.05, 0.1) is 4.92 Å². The maximum absolute atomic E-state index is 11.6. The van der Waals surface area contributed by atoms with Crippen molar-refractivity contribution in [1.29, 1.82) is 0 Å². The molecule has 0 aromatic heterocycles. The molecule has 1 amide bonds. The van der Waals surface area contributed by atoms with Gasteiger partial charge >= 0.3 is 0 Å². The summed E-state index contributed by atoms with van der Waals surface area (Å²) in [4.78, 5) is 21.6. The van der Waals surface area contributed by atoms with Gasteiger partial charge in [0.25, 0.3) is 5.69 Å². The maximum Gasteiger partial charge on any atom is 0.269 e. The van der Waals surface area contributed by atoms with Crippen molar-refractivity contribution in [2.24, 2.45) is 5.92 Å². The number of nitrogens with zero attached hydrogens (tertiary/aromatic N) is 1. The molecule has 0 atom stereocenters. The number of amides is 1. The van der Waals surface area contributed by atoms with Crippen molar-refractivity contribution in [2.45, 2.75) is 12.8 Å². The topological polar surface area (TPSA) is 84.3 Å². The molecular weight excluding hydrogens is 246 g/mol. The number of hydrogen-bond acceptors (Lipinski definition) is 4. The van der Waals surface area contributed by atoms with Crippen LogP contribution in [0.15, 0.2) is 24.3 Å². The molecule has 0 saturated carbocycles. The zero-order valence-corrected chi connectivity index (χ0v) is 10.6. The quantitative estimate of drug-likeness (QED) is 0.589. The second kappa shape index (κ2) is 6.29. The first-order valence-corrected chi connectivity index (χ1v) is 6.36. The number of carbonyl (C=O) groups is 1. The van der Waals surface area contributed by atoms with Gasteiger partial charge < -0.3 is 10.6 Å². The molecule has 1 heterocycles. The van der Waals surface area contributed by atoms with E-state index in [4.69, 9.17) is 0 Å². The van der Waals surface area contributed by atoms with E-state index in [1.54, 1.807) is 12.1 Å². The molecule has 1 aliphatic rings. The summed E-state index contributed by atoms with van der Waals surface area (Å²) in [5.74, 6) is 0.549. The predicted octanol–water partition coefficient (Wildman–Crippen LogP) is 0.863.